The summed E-state index contributed by atoms with van der Waals surface area (Å²) < 4.78 is 23.7. The van der Waals surface area contributed by atoms with Gasteiger partial charge in [-0.05, 0) is 48.9 Å². The van der Waals surface area contributed by atoms with Crippen LogP contribution in [0.25, 0.3) is 11.3 Å². The van der Waals surface area contributed by atoms with Crippen LogP contribution in [0.2, 0.25) is 0 Å². The van der Waals surface area contributed by atoms with Crippen molar-refractivity contribution in [1.29, 1.82) is 0 Å². The second-order valence-corrected chi connectivity index (χ2v) is 8.57. The Kier molecular flexibility index (Phi) is 5.58. The summed E-state index contributed by atoms with van der Waals surface area (Å²) in [6.45, 7) is 4.17. The van der Waals surface area contributed by atoms with Crippen molar-refractivity contribution >= 4 is 15.8 Å². The highest BCUT2D eigenvalue weighted by molar-refractivity contribution is 7.89. The Morgan fingerprint density at radius 3 is 2.54 bits per heavy atom. The van der Waals surface area contributed by atoms with Crippen LogP contribution in [0.5, 0.6) is 0 Å². The molecule has 0 saturated heterocycles. The Balaban J connectivity index is 1.82. The van der Waals surface area contributed by atoms with E-state index < -0.39 is 10.0 Å². The molecule has 1 fully saturated rings. The van der Waals surface area contributed by atoms with Crippen molar-refractivity contribution in [3.05, 3.63) is 35.9 Å². The minimum atomic E-state index is -3.77. The lowest BCUT2D eigenvalue weighted by molar-refractivity contribution is 0.349. The average Bonchev–Trinajstić information content (AvgIpc) is 2.63. The predicted molar refractivity (Wildman–Crippen MR) is 103 cm³/mol. The summed E-state index contributed by atoms with van der Waals surface area (Å²) >= 11 is 0. The summed E-state index contributed by atoms with van der Waals surface area (Å²) in [6, 6.07) is 9.40. The maximum Gasteiger partial charge on any atom is 0.238 e. The van der Waals surface area contributed by atoms with E-state index in [0.29, 0.717) is 35.2 Å². The van der Waals surface area contributed by atoms with Crippen LogP contribution in [-0.2, 0) is 16.4 Å². The van der Waals surface area contributed by atoms with Gasteiger partial charge in [-0.1, -0.05) is 38.8 Å². The van der Waals surface area contributed by atoms with E-state index in [2.05, 4.69) is 22.4 Å². The van der Waals surface area contributed by atoms with Gasteiger partial charge in [-0.25, -0.2) is 13.6 Å². The summed E-state index contributed by atoms with van der Waals surface area (Å²) in [7, 11) is -3.77. The first-order valence-electron chi connectivity index (χ1n) is 9.15. The van der Waals surface area contributed by atoms with E-state index in [1.807, 2.05) is 25.1 Å². The van der Waals surface area contributed by atoms with Gasteiger partial charge in [-0.15, -0.1) is 10.2 Å². The molecule has 7 heteroatoms. The van der Waals surface area contributed by atoms with Crippen molar-refractivity contribution in [2.75, 3.05) is 5.32 Å². The molecule has 26 heavy (non-hydrogen) atoms. The van der Waals surface area contributed by atoms with Gasteiger partial charge < -0.3 is 5.32 Å². The van der Waals surface area contributed by atoms with Gasteiger partial charge in [-0.2, -0.15) is 0 Å². The summed E-state index contributed by atoms with van der Waals surface area (Å²) in [4.78, 5) is 0.150. The smallest absolute Gasteiger partial charge is 0.238 e. The molecule has 0 bridgehead atoms. The van der Waals surface area contributed by atoms with Crippen molar-refractivity contribution in [3.63, 3.8) is 0 Å². The number of hydrogen-bond donors (Lipinski definition) is 2. The van der Waals surface area contributed by atoms with Gasteiger partial charge in [0.1, 0.15) is 5.82 Å². The topological polar surface area (TPSA) is 98.0 Å². The molecule has 0 aliphatic heterocycles. The van der Waals surface area contributed by atoms with E-state index in [4.69, 9.17) is 5.14 Å². The fraction of sp³-hybridized carbons (Fsp3) is 0.474. The van der Waals surface area contributed by atoms with Gasteiger partial charge in [0.05, 0.1) is 10.6 Å². The minimum absolute atomic E-state index is 0.150. The third-order valence-corrected chi connectivity index (χ3v) is 6.15. The van der Waals surface area contributed by atoms with Crippen LogP contribution in [0.15, 0.2) is 35.2 Å². The normalized spacial score (nSPS) is 20.7. The Morgan fingerprint density at radius 2 is 1.92 bits per heavy atom. The minimum Gasteiger partial charge on any atom is -0.366 e. The van der Waals surface area contributed by atoms with Crippen LogP contribution in [0, 0.1) is 5.92 Å². The van der Waals surface area contributed by atoms with Crippen LogP contribution in [0.1, 0.15) is 45.1 Å². The molecule has 1 aromatic carbocycles. The molecule has 1 aliphatic rings. The molecular formula is C19H26N4O2S. The Bertz CT molecular complexity index is 866. The van der Waals surface area contributed by atoms with Crippen LogP contribution in [0.4, 0.5) is 5.82 Å². The molecule has 0 radical (unpaired) electrons. The fourth-order valence-electron chi connectivity index (χ4n) is 3.55. The molecule has 2 atom stereocenters. The number of aryl methyl sites for hydroxylation is 1. The van der Waals surface area contributed by atoms with Crippen LogP contribution < -0.4 is 10.5 Å². The highest BCUT2D eigenvalue weighted by Crippen LogP contribution is 2.27. The molecule has 0 amide bonds. The van der Waals surface area contributed by atoms with Crippen LogP contribution in [-0.4, -0.2) is 24.7 Å². The Morgan fingerprint density at radius 1 is 1.15 bits per heavy atom. The van der Waals surface area contributed by atoms with Gasteiger partial charge in [0.25, 0.3) is 0 Å². The lowest BCUT2D eigenvalue weighted by Gasteiger charge is -2.29. The molecule has 2 aromatic rings. The maximum absolute atomic E-state index is 11.8. The summed E-state index contributed by atoms with van der Waals surface area (Å²) in [6.07, 6.45) is 5.53. The number of nitrogens with zero attached hydrogens (tertiary/aromatic N) is 2. The largest absolute Gasteiger partial charge is 0.366 e. The zero-order valence-corrected chi connectivity index (χ0v) is 16.1. The summed E-state index contributed by atoms with van der Waals surface area (Å²) in [5.41, 5.74) is 2.02. The van der Waals surface area contributed by atoms with Crippen LogP contribution >= 0.6 is 0 Å². The van der Waals surface area contributed by atoms with Crippen molar-refractivity contribution in [1.82, 2.24) is 10.2 Å². The molecule has 1 aromatic heterocycles. The van der Waals surface area contributed by atoms with Crippen molar-refractivity contribution < 1.29 is 8.42 Å². The van der Waals surface area contributed by atoms with E-state index >= 15 is 0 Å². The number of benzene rings is 1. The van der Waals surface area contributed by atoms with Crippen LogP contribution in [0.3, 0.4) is 0 Å². The first-order valence-corrected chi connectivity index (χ1v) is 10.7. The van der Waals surface area contributed by atoms with E-state index in [1.165, 1.54) is 19.3 Å². The predicted octanol–water partition coefficient (Wildman–Crippen LogP) is 3.34. The SMILES string of the molecule is CCc1ccc(-c2ccc(N[C@H]3CCCC[C@H]3C)nn2)cc1S(N)(=O)=O. The monoisotopic (exact) mass is 374 g/mol. The first kappa shape index (κ1) is 18.8. The molecule has 0 spiro atoms. The molecule has 6 nitrogen and oxygen atoms in total. The zero-order valence-electron chi connectivity index (χ0n) is 15.3. The standard InChI is InChI=1S/C19H26N4O2S/c1-3-14-8-9-15(12-18(14)26(20,24)25)17-10-11-19(23-22-17)21-16-7-5-4-6-13(16)2/h8-13,16H,3-7H2,1-2H3,(H,21,23)(H2,20,24,25)/t13-,16+/m1/s1. The quantitative estimate of drug-likeness (QED) is 0.836. The van der Waals surface area contributed by atoms with E-state index in [0.717, 1.165) is 12.2 Å². The first-order chi connectivity index (χ1) is 12.4. The molecular weight excluding hydrogens is 348 g/mol. The summed E-state index contributed by atoms with van der Waals surface area (Å²) in [5.74, 6) is 1.38. The lowest BCUT2D eigenvalue weighted by Crippen LogP contribution is -2.30. The third-order valence-electron chi connectivity index (χ3n) is 5.16. The molecule has 3 N–H and O–H groups in total. The number of rotatable bonds is 5. The number of primary sulfonamides is 1. The number of anilines is 1. The van der Waals surface area contributed by atoms with E-state index in [1.54, 1.807) is 12.1 Å². The number of nitrogens with one attached hydrogen (secondary N) is 1. The number of nitrogens with two attached hydrogens (primary N) is 1. The number of hydrogen-bond acceptors (Lipinski definition) is 5. The van der Waals surface area contributed by atoms with Gasteiger partial charge >= 0.3 is 0 Å². The molecule has 1 aliphatic carbocycles. The second-order valence-electron chi connectivity index (χ2n) is 7.04. The second kappa shape index (κ2) is 7.72. The van der Waals surface area contributed by atoms with Gasteiger partial charge in [0.15, 0.2) is 0 Å². The molecule has 3 rings (SSSR count). The highest BCUT2D eigenvalue weighted by atomic mass is 32.2. The average molecular weight is 375 g/mol. The number of sulfonamides is 1. The molecule has 0 unspecified atom stereocenters. The fourth-order valence-corrected chi connectivity index (χ4v) is 4.42. The van der Waals surface area contributed by atoms with Gasteiger partial charge in [0.2, 0.25) is 10.0 Å². The van der Waals surface area contributed by atoms with Gasteiger partial charge in [0, 0.05) is 11.6 Å². The Hall–Kier alpha value is -1.99. The molecule has 140 valence electrons. The van der Waals surface area contributed by atoms with E-state index in [9.17, 15) is 8.42 Å². The maximum atomic E-state index is 11.8. The molecule has 1 saturated carbocycles. The van der Waals surface area contributed by atoms with Crippen molar-refractivity contribution in [2.45, 2.75) is 56.9 Å². The van der Waals surface area contributed by atoms with E-state index in [-0.39, 0.29) is 4.90 Å². The lowest BCUT2D eigenvalue weighted by atomic mass is 9.86. The van der Waals surface area contributed by atoms with Gasteiger partial charge in [-0.3, -0.25) is 0 Å². The summed E-state index contributed by atoms with van der Waals surface area (Å²) in [5, 5.41) is 17.4. The third kappa shape index (κ3) is 4.22. The number of aromatic nitrogens is 2. The zero-order chi connectivity index (χ0) is 18.7. The highest BCUT2D eigenvalue weighted by Gasteiger charge is 2.21. The molecule has 1 heterocycles. The Labute approximate surface area is 155 Å². The van der Waals surface area contributed by atoms with Crippen molar-refractivity contribution in [3.8, 4) is 11.3 Å². The van der Waals surface area contributed by atoms with Crippen molar-refractivity contribution in [2.24, 2.45) is 11.1 Å².